The van der Waals surface area contributed by atoms with Crippen molar-refractivity contribution >= 4 is 11.8 Å². The molecule has 1 atom stereocenters. The second-order valence-electron chi connectivity index (χ2n) is 5.37. The van der Waals surface area contributed by atoms with Crippen LogP contribution in [0.15, 0.2) is 11.6 Å². The summed E-state index contributed by atoms with van der Waals surface area (Å²) in [4.78, 5) is 22.6. The number of allylic oxidation sites excluding steroid dienone is 1. The molecule has 4 nitrogen and oxygen atoms in total. The Morgan fingerprint density at radius 2 is 1.60 bits per heavy atom. The van der Waals surface area contributed by atoms with Crippen LogP contribution in [0.2, 0.25) is 0 Å². The maximum atomic E-state index is 11.7. The molecule has 0 aliphatic heterocycles. The van der Waals surface area contributed by atoms with Gasteiger partial charge in [-0.25, -0.2) is 4.79 Å². The Bertz CT molecular complexity index is 318. The standard InChI is InChI=1S/C16H28O4/c1-3-4-5-6-7-8-9-10-15(18)12-14(16(19)20)11-13(2)17/h12-13,17H,3-11H2,1-2H3,(H,19,20). The van der Waals surface area contributed by atoms with Gasteiger partial charge < -0.3 is 10.2 Å². The van der Waals surface area contributed by atoms with Crippen molar-refractivity contribution in [2.45, 2.75) is 77.7 Å². The SMILES string of the molecule is CCCCCCCCCC(=O)C=C(CC(C)O)C(=O)O. The highest BCUT2D eigenvalue weighted by Crippen LogP contribution is 2.11. The summed E-state index contributed by atoms with van der Waals surface area (Å²) in [6.45, 7) is 3.69. The Morgan fingerprint density at radius 3 is 2.10 bits per heavy atom. The Kier molecular flexibility index (Phi) is 11.0. The summed E-state index contributed by atoms with van der Waals surface area (Å²) in [5.41, 5.74) is -0.00653. The molecule has 116 valence electrons. The average molecular weight is 284 g/mol. The maximum absolute atomic E-state index is 11.7. The van der Waals surface area contributed by atoms with Crippen LogP contribution >= 0.6 is 0 Å². The van der Waals surface area contributed by atoms with Crippen molar-refractivity contribution in [2.24, 2.45) is 0 Å². The third-order valence-corrected chi connectivity index (χ3v) is 3.15. The van der Waals surface area contributed by atoms with Crippen LogP contribution in [0.1, 0.15) is 71.6 Å². The molecule has 2 N–H and O–H groups in total. The molecule has 0 amide bonds. The minimum atomic E-state index is -1.13. The fourth-order valence-corrected chi connectivity index (χ4v) is 2.05. The van der Waals surface area contributed by atoms with Crippen LogP contribution in [-0.4, -0.2) is 28.1 Å². The second kappa shape index (κ2) is 11.6. The molecule has 0 aliphatic carbocycles. The molecule has 0 spiro atoms. The lowest BCUT2D eigenvalue weighted by Gasteiger charge is -2.05. The number of hydrogen-bond donors (Lipinski definition) is 2. The first-order chi connectivity index (χ1) is 9.47. The van der Waals surface area contributed by atoms with Gasteiger partial charge in [-0.3, -0.25) is 4.79 Å². The molecule has 0 radical (unpaired) electrons. The number of carboxylic acid groups (broad SMARTS) is 1. The zero-order valence-corrected chi connectivity index (χ0v) is 12.7. The fraction of sp³-hybridized carbons (Fsp3) is 0.750. The largest absolute Gasteiger partial charge is 0.478 e. The number of aliphatic hydroxyl groups excluding tert-OH is 1. The number of hydrogen-bond acceptors (Lipinski definition) is 3. The highest BCUT2D eigenvalue weighted by atomic mass is 16.4. The Hall–Kier alpha value is -1.16. The van der Waals surface area contributed by atoms with E-state index in [-0.39, 0.29) is 17.8 Å². The summed E-state index contributed by atoms with van der Waals surface area (Å²) in [5.74, 6) is -1.28. The van der Waals surface area contributed by atoms with E-state index in [1.165, 1.54) is 38.7 Å². The molecule has 0 fully saturated rings. The first-order valence-electron chi connectivity index (χ1n) is 7.62. The minimum Gasteiger partial charge on any atom is -0.478 e. The van der Waals surface area contributed by atoms with Gasteiger partial charge in [-0.1, -0.05) is 45.4 Å². The Labute approximate surface area is 121 Å². The van der Waals surface area contributed by atoms with Crippen LogP contribution in [-0.2, 0) is 9.59 Å². The van der Waals surface area contributed by atoms with Crippen LogP contribution in [0.4, 0.5) is 0 Å². The topological polar surface area (TPSA) is 74.6 Å². The monoisotopic (exact) mass is 284 g/mol. The normalized spacial score (nSPS) is 13.2. The number of carbonyl (C=O) groups is 2. The lowest BCUT2D eigenvalue weighted by molar-refractivity contribution is -0.133. The molecule has 0 aromatic rings. The molecule has 0 saturated heterocycles. The molecule has 4 heteroatoms. The summed E-state index contributed by atoms with van der Waals surface area (Å²) in [7, 11) is 0. The Balaban J connectivity index is 3.92. The predicted molar refractivity (Wildman–Crippen MR) is 79.6 cm³/mol. The zero-order valence-electron chi connectivity index (χ0n) is 12.7. The number of carbonyl (C=O) groups excluding carboxylic acids is 1. The highest BCUT2D eigenvalue weighted by Gasteiger charge is 2.12. The van der Waals surface area contributed by atoms with Crippen molar-refractivity contribution in [1.29, 1.82) is 0 Å². The van der Waals surface area contributed by atoms with Gasteiger partial charge >= 0.3 is 5.97 Å². The number of ketones is 1. The third-order valence-electron chi connectivity index (χ3n) is 3.15. The predicted octanol–water partition coefficient (Wildman–Crippen LogP) is 3.48. The average Bonchev–Trinajstić information content (AvgIpc) is 2.36. The summed E-state index contributed by atoms with van der Waals surface area (Å²) in [6.07, 6.45) is 8.75. The van der Waals surface area contributed by atoms with Crippen molar-refractivity contribution in [3.63, 3.8) is 0 Å². The van der Waals surface area contributed by atoms with Crippen molar-refractivity contribution in [2.75, 3.05) is 0 Å². The molecular formula is C16H28O4. The van der Waals surface area contributed by atoms with E-state index in [1.54, 1.807) is 0 Å². The summed E-state index contributed by atoms with van der Waals surface area (Å²) >= 11 is 0. The van der Waals surface area contributed by atoms with E-state index in [4.69, 9.17) is 5.11 Å². The third kappa shape index (κ3) is 10.7. The lowest BCUT2D eigenvalue weighted by atomic mass is 10.0. The zero-order chi connectivity index (χ0) is 15.4. The summed E-state index contributed by atoms with van der Waals surface area (Å²) in [5, 5.41) is 18.1. The molecular weight excluding hydrogens is 256 g/mol. The van der Waals surface area contributed by atoms with Gasteiger partial charge in [0.05, 0.1) is 6.10 Å². The van der Waals surface area contributed by atoms with E-state index in [2.05, 4.69) is 6.92 Å². The first-order valence-corrected chi connectivity index (χ1v) is 7.62. The Morgan fingerprint density at radius 1 is 1.05 bits per heavy atom. The number of aliphatic hydroxyl groups is 1. The lowest BCUT2D eigenvalue weighted by Crippen LogP contribution is -2.10. The number of carboxylic acids is 1. The van der Waals surface area contributed by atoms with E-state index in [1.807, 2.05) is 0 Å². The van der Waals surface area contributed by atoms with E-state index < -0.39 is 12.1 Å². The van der Waals surface area contributed by atoms with Crippen molar-refractivity contribution < 1.29 is 19.8 Å². The van der Waals surface area contributed by atoms with Gasteiger partial charge in [0.15, 0.2) is 5.78 Å². The number of rotatable bonds is 12. The fourth-order valence-electron chi connectivity index (χ4n) is 2.05. The molecule has 0 aromatic carbocycles. The van der Waals surface area contributed by atoms with Gasteiger partial charge in [0.1, 0.15) is 0 Å². The van der Waals surface area contributed by atoms with Gasteiger partial charge in [0, 0.05) is 18.4 Å². The summed E-state index contributed by atoms with van der Waals surface area (Å²) < 4.78 is 0. The van der Waals surface area contributed by atoms with Crippen molar-refractivity contribution in [1.82, 2.24) is 0 Å². The second-order valence-corrected chi connectivity index (χ2v) is 5.37. The van der Waals surface area contributed by atoms with Crippen molar-refractivity contribution in [3.8, 4) is 0 Å². The van der Waals surface area contributed by atoms with Crippen molar-refractivity contribution in [3.05, 3.63) is 11.6 Å². The molecule has 0 bridgehead atoms. The van der Waals surface area contributed by atoms with E-state index >= 15 is 0 Å². The van der Waals surface area contributed by atoms with Crippen LogP contribution in [0, 0.1) is 0 Å². The minimum absolute atomic E-state index is 0.00653. The van der Waals surface area contributed by atoms with Gasteiger partial charge in [-0.15, -0.1) is 0 Å². The molecule has 0 heterocycles. The molecule has 20 heavy (non-hydrogen) atoms. The molecule has 0 aliphatic rings. The molecule has 0 saturated carbocycles. The van der Waals surface area contributed by atoms with Crippen LogP contribution in [0.25, 0.3) is 0 Å². The quantitative estimate of drug-likeness (QED) is 0.425. The van der Waals surface area contributed by atoms with E-state index in [0.29, 0.717) is 6.42 Å². The highest BCUT2D eigenvalue weighted by molar-refractivity contribution is 5.98. The smallest absolute Gasteiger partial charge is 0.331 e. The van der Waals surface area contributed by atoms with Gasteiger partial charge in [-0.05, 0) is 19.4 Å². The van der Waals surface area contributed by atoms with Crippen LogP contribution in [0.5, 0.6) is 0 Å². The first kappa shape index (κ1) is 18.8. The molecule has 0 rings (SSSR count). The maximum Gasteiger partial charge on any atom is 0.331 e. The van der Waals surface area contributed by atoms with E-state index in [9.17, 15) is 14.7 Å². The summed E-state index contributed by atoms with van der Waals surface area (Å²) in [6, 6.07) is 0. The van der Waals surface area contributed by atoms with Gasteiger partial charge in [0.2, 0.25) is 0 Å². The van der Waals surface area contributed by atoms with Crippen LogP contribution in [0.3, 0.4) is 0 Å². The van der Waals surface area contributed by atoms with E-state index in [0.717, 1.165) is 19.3 Å². The van der Waals surface area contributed by atoms with Crippen LogP contribution < -0.4 is 0 Å². The van der Waals surface area contributed by atoms with Gasteiger partial charge in [-0.2, -0.15) is 0 Å². The molecule has 0 aromatic heterocycles. The van der Waals surface area contributed by atoms with Gasteiger partial charge in [0.25, 0.3) is 0 Å². The number of unbranched alkanes of at least 4 members (excludes halogenated alkanes) is 6. The number of aliphatic carboxylic acids is 1. The molecule has 1 unspecified atom stereocenters.